The lowest BCUT2D eigenvalue weighted by Crippen LogP contribution is -2.35. The highest BCUT2D eigenvalue weighted by Crippen LogP contribution is 2.37. The van der Waals surface area contributed by atoms with Gasteiger partial charge in [0.05, 0.1) is 38.6 Å². The van der Waals surface area contributed by atoms with Crippen LogP contribution in [0.1, 0.15) is 28.8 Å². The zero-order chi connectivity index (χ0) is 27.5. The van der Waals surface area contributed by atoms with Crippen molar-refractivity contribution in [2.45, 2.75) is 25.7 Å². The van der Waals surface area contributed by atoms with Crippen molar-refractivity contribution in [1.29, 1.82) is 0 Å². The minimum Gasteiger partial charge on any atom is -0.497 e. The number of rotatable bonds is 11. The first kappa shape index (κ1) is 25.6. The first-order chi connectivity index (χ1) is 19.6. The lowest BCUT2D eigenvalue weighted by molar-refractivity contribution is 0.163. The zero-order valence-corrected chi connectivity index (χ0v) is 22.1. The molecule has 6 rings (SSSR count). The Kier molecular flexibility index (Phi) is 7.17. The molecule has 0 saturated carbocycles. The number of fused-ring (bicyclic) bond motifs is 2. The Morgan fingerprint density at radius 2 is 1.90 bits per heavy atom. The Hall–Kier alpha value is -4.68. The van der Waals surface area contributed by atoms with E-state index in [9.17, 15) is 4.79 Å². The molecule has 0 unspecified atom stereocenters. The molecule has 5 aromatic rings. The fourth-order valence-electron chi connectivity index (χ4n) is 4.87. The van der Waals surface area contributed by atoms with Crippen LogP contribution in [0.3, 0.4) is 0 Å². The van der Waals surface area contributed by atoms with Crippen LogP contribution in [0.4, 0.5) is 0 Å². The van der Waals surface area contributed by atoms with Gasteiger partial charge < -0.3 is 28.3 Å². The van der Waals surface area contributed by atoms with Crippen molar-refractivity contribution >= 4 is 10.9 Å². The Morgan fingerprint density at radius 3 is 2.65 bits per heavy atom. The number of aromatic nitrogens is 5. The lowest BCUT2D eigenvalue weighted by atomic mass is 10.0. The number of nitrogens with zero attached hydrogens (tertiary/aromatic N) is 5. The number of nitrogens with one attached hydrogen (secondary N) is 1. The van der Waals surface area contributed by atoms with Crippen LogP contribution in [-0.2, 0) is 24.4 Å². The van der Waals surface area contributed by atoms with Gasteiger partial charge in [-0.15, -0.1) is 5.10 Å². The van der Waals surface area contributed by atoms with Gasteiger partial charge in [-0.05, 0) is 52.4 Å². The van der Waals surface area contributed by atoms with E-state index in [0.717, 1.165) is 22.5 Å². The van der Waals surface area contributed by atoms with Gasteiger partial charge in [0, 0.05) is 30.7 Å². The number of pyridine rings is 1. The minimum absolute atomic E-state index is 0.137. The molecule has 0 radical (unpaired) electrons. The molecule has 1 N–H and O–H groups in total. The molecule has 0 saturated heterocycles. The maximum atomic E-state index is 13.7. The number of hydrogen-bond acceptors (Lipinski definition) is 10. The van der Waals surface area contributed by atoms with Crippen LogP contribution in [0.5, 0.6) is 17.2 Å². The third-order valence-electron chi connectivity index (χ3n) is 6.82. The fraction of sp³-hybridized carbons (Fsp3) is 0.286. The van der Waals surface area contributed by atoms with E-state index >= 15 is 0 Å². The number of benzene rings is 2. The van der Waals surface area contributed by atoms with E-state index in [4.69, 9.17) is 23.4 Å². The quantitative estimate of drug-likeness (QED) is 0.264. The maximum absolute atomic E-state index is 13.7. The summed E-state index contributed by atoms with van der Waals surface area (Å²) in [7, 11) is 3.25. The molecule has 0 amide bonds. The fourth-order valence-corrected chi connectivity index (χ4v) is 4.87. The number of methoxy groups -OCH3 is 2. The summed E-state index contributed by atoms with van der Waals surface area (Å²) >= 11 is 0. The maximum Gasteiger partial charge on any atom is 0.253 e. The van der Waals surface area contributed by atoms with E-state index in [1.165, 1.54) is 0 Å². The molecule has 0 aliphatic carbocycles. The highest BCUT2D eigenvalue weighted by molar-refractivity contribution is 5.83. The van der Waals surface area contributed by atoms with Crippen molar-refractivity contribution in [2.75, 3.05) is 27.6 Å². The molecule has 3 aromatic heterocycles. The third kappa shape index (κ3) is 5.14. The minimum atomic E-state index is -0.641. The molecule has 0 bridgehead atoms. The van der Waals surface area contributed by atoms with E-state index in [0.29, 0.717) is 54.6 Å². The second-order valence-corrected chi connectivity index (χ2v) is 9.33. The highest BCUT2D eigenvalue weighted by atomic mass is 16.7. The number of ether oxygens (including phenoxy) is 4. The van der Waals surface area contributed by atoms with E-state index in [2.05, 4.69) is 25.4 Å². The smallest absolute Gasteiger partial charge is 0.253 e. The molecule has 4 heterocycles. The SMILES string of the molecule is COCCn1nnnc1[C@@H](c1cc2cc3c(cc2[nH]c1=O)OCO3)N(Cc1ccc(OC)cc1)Cc1ccco1. The van der Waals surface area contributed by atoms with Crippen molar-refractivity contribution in [2.24, 2.45) is 0 Å². The Morgan fingerprint density at radius 1 is 1.07 bits per heavy atom. The molecule has 0 spiro atoms. The molecule has 1 atom stereocenters. The van der Waals surface area contributed by atoms with Gasteiger partial charge in [0.15, 0.2) is 17.3 Å². The van der Waals surface area contributed by atoms with Crippen LogP contribution in [-0.4, -0.2) is 57.7 Å². The van der Waals surface area contributed by atoms with Crippen LogP contribution < -0.4 is 19.8 Å². The molecule has 0 fully saturated rings. The predicted octanol–water partition coefficient (Wildman–Crippen LogP) is 3.28. The summed E-state index contributed by atoms with van der Waals surface area (Å²) in [6.07, 6.45) is 1.63. The second kappa shape index (κ2) is 11.2. The molecule has 206 valence electrons. The van der Waals surface area contributed by atoms with Crippen LogP contribution in [0.2, 0.25) is 0 Å². The summed E-state index contributed by atoms with van der Waals surface area (Å²) in [6, 6.07) is 16.4. The number of hydrogen-bond donors (Lipinski definition) is 1. The Balaban J connectivity index is 1.50. The number of furan rings is 1. The summed E-state index contributed by atoms with van der Waals surface area (Å²) in [5.74, 6) is 3.20. The normalized spacial score (nSPS) is 13.3. The van der Waals surface area contributed by atoms with Gasteiger partial charge in [0.2, 0.25) is 6.79 Å². The van der Waals surface area contributed by atoms with Crippen molar-refractivity contribution in [1.82, 2.24) is 30.1 Å². The topological polar surface area (TPSA) is 130 Å². The van der Waals surface area contributed by atoms with Gasteiger partial charge in [-0.1, -0.05) is 12.1 Å². The van der Waals surface area contributed by atoms with Gasteiger partial charge in [-0.3, -0.25) is 9.69 Å². The van der Waals surface area contributed by atoms with E-state index < -0.39 is 6.04 Å². The van der Waals surface area contributed by atoms with Gasteiger partial charge in [-0.2, -0.15) is 0 Å². The summed E-state index contributed by atoms with van der Waals surface area (Å²) in [5.41, 5.74) is 1.86. The van der Waals surface area contributed by atoms with Crippen LogP contribution in [0, 0.1) is 0 Å². The molecule has 2 aromatic carbocycles. The van der Waals surface area contributed by atoms with Gasteiger partial charge in [0.1, 0.15) is 17.6 Å². The zero-order valence-electron chi connectivity index (χ0n) is 22.1. The average Bonchev–Trinajstić information content (AvgIpc) is 3.74. The van der Waals surface area contributed by atoms with Crippen molar-refractivity contribution in [3.05, 3.63) is 93.9 Å². The predicted molar refractivity (Wildman–Crippen MR) is 143 cm³/mol. The van der Waals surface area contributed by atoms with Crippen LogP contribution in [0.15, 0.2) is 70.1 Å². The van der Waals surface area contributed by atoms with Crippen LogP contribution in [0.25, 0.3) is 10.9 Å². The van der Waals surface area contributed by atoms with E-state index in [1.54, 1.807) is 31.2 Å². The molecule has 1 aliphatic heterocycles. The molecular formula is C28H28N6O6. The molecule has 12 heteroatoms. The molecule has 1 aliphatic rings. The van der Waals surface area contributed by atoms with Gasteiger partial charge >= 0.3 is 0 Å². The summed E-state index contributed by atoms with van der Waals surface area (Å²) in [4.78, 5) is 18.9. The Labute approximate surface area is 229 Å². The highest BCUT2D eigenvalue weighted by Gasteiger charge is 2.32. The molecule has 12 nitrogen and oxygen atoms in total. The third-order valence-corrected chi connectivity index (χ3v) is 6.82. The lowest BCUT2D eigenvalue weighted by Gasteiger charge is -2.30. The van der Waals surface area contributed by atoms with E-state index in [-0.39, 0.29) is 12.4 Å². The summed E-state index contributed by atoms with van der Waals surface area (Å²) in [5, 5.41) is 13.4. The van der Waals surface area contributed by atoms with Crippen LogP contribution >= 0.6 is 0 Å². The average molecular weight is 545 g/mol. The molecule has 40 heavy (non-hydrogen) atoms. The van der Waals surface area contributed by atoms with E-state index in [1.807, 2.05) is 48.5 Å². The largest absolute Gasteiger partial charge is 0.497 e. The van der Waals surface area contributed by atoms with Gasteiger partial charge in [0.25, 0.3) is 5.56 Å². The molecular weight excluding hydrogens is 516 g/mol. The Bertz CT molecular complexity index is 1650. The van der Waals surface area contributed by atoms with Crippen molar-refractivity contribution in [3.8, 4) is 17.2 Å². The second-order valence-electron chi connectivity index (χ2n) is 9.33. The van der Waals surface area contributed by atoms with Crippen molar-refractivity contribution in [3.63, 3.8) is 0 Å². The van der Waals surface area contributed by atoms with Gasteiger partial charge in [-0.25, -0.2) is 4.68 Å². The first-order valence-electron chi connectivity index (χ1n) is 12.7. The standard InChI is InChI=1S/C28H28N6O6/c1-36-11-9-34-27(30-31-32-34)26(22-12-19-13-24-25(40-17-39-24)14-23(19)29-28(22)35)33(16-21-4-3-10-38-21)15-18-5-7-20(37-2)8-6-18/h3-8,10,12-14,26H,9,11,15-17H2,1-2H3,(H,29,35)/t26-/m1/s1. The summed E-state index contributed by atoms with van der Waals surface area (Å²) in [6.45, 7) is 1.80. The number of tetrazole rings is 1. The number of H-pyrrole nitrogens is 1. The van der Waals surface area contributed by atoms with Crippen molar-refractivity contribution < 1.29 is 23.4 Å². The monoisotopic (exact) mass is 544 g/mol. The number of aromatic amines is 1. The summed E-state index contributed by atoms with van der Waals surface area (Å²) < 4.78 is 29.1. The first-order valence-corrected chi connectivity index (χ1v) is 12.7.